The summed E-state index contributed by atoms with van der Waals surface area (Å²) in [5, 5.41) is 9.95. The number of aromatic nitrogens is 1. The first-order chi connectivity index (χ1) is 12.9. The molecule has 3 amide bonds. The summed E-state index contributed by atoms with van der Waals surface area (Å²) >= 11 is 6.95. The highest BCUT2D eigenvalue weighted by molar-refractivity contribution is 7.14. The minimum atomic E-state index is -0.515. The van der Waals surface area contributed by atoms with Gasteiger partial charge in [-0.25, -0.2) is 14.2 Å². The van der Waals surface area contributed by atoms with E-state index in [4.69, 9.17) is 11.6 Å². The van der Waals surface area contributed by atoms with Crippen LogP contribution in [0.3, 0.4) is 0 Å². The van der Waals surface area contributed by atoms with E-state index in [2.05, 4.69) is 20.9 Å². The Hall–Kier alpha value is -2.97. The smallest absolute Gasteiger partial charge is 0.321 e. The van der Waals surface area contributed by atoms with Gasteiger partial charge in [-0.2, -0.15) is 0 Å². The summed E-state index contributed by atoms with van der Waals surface area (Å²) in [4.78, 5) is 28.3. The van der Waals surface area contributed by atoms with Crippen molar-refractivity contribution < 1.29 is 14.0 Å². The molecule has 0 unspecified atom stereocenters. The number of thiazole rings is 1. The van der Waals surface area contributed by atoms with E-state index in [0.717, 1.165) is 11.3 Å². The summed E-state index contributed by atoms with van der Waals surface area (Å²) in [6, 6.07) is 10.6. The van der Waals surface area contributed by atoms with E-state index in [1.807, 2.05) is 0 Å². The van der Waals surface area contributed by atoms with Crippen molar-refractivity contribution in [3.8, 4) is 0 Å². The Morgan fingerprint density at radius 2 is 1.85 bits per heavy atom. The van der Waals surface area contributed by atoms with E-state index in [0.29, 0.717) is 22.0 Å². The summed E-state index contributed by atoms with van der Waals surface area (Å²) in [6.07, 6.45) is 0. The van der Waals surface area contributed by atoms with Crippen molar-refractivity contribution in [3.05, 3.63) is 69.9 Å². The van der Waals surface area contributed by atoms with Crippen LogP contribution in [0.4, 0.5) is 25.7 Å². The topological polar surface area (TPSA) is 83.1 Å². The molecule has 0 spiro atoms. The first-order valence-electron chi connectivity index (χ1n) is 7.77. The minimum Gasteiger partial charge on any atom is -0.321 e. The van der Waals surface area contributed by atoms with Crippen molar-refractivity contribution in [3.63, 3.8) is 0 Å². The number of nitrogens with one attached hydrogen (secondary N) is 3. The molecule has 2 aromatic carbocycles. The predicted octanol–water partition coefficient (Wildman–Crippen LogP) is 5.14. The van der Waals surface area contributed by atoms with Gasteiger partial charge in [-0.05, 0) is 42.8 Å². The third-order valence-corrected chi connectivity index (χ3v) is 4.46. The SMILES string of the molecule is Cc1ccc(NC(=O)c2csc(NC(=O)Nc3cccc(Cl)c3)n2)cc1F. The summed E-state index contributed by atoms with van der Waals surface area (Å²) in [5.41, 5.74) is 1.44. The minimum absolute atomic E-state index is 0.110. The molecule has 0 aliphatic carbocycles. The Balaban J connectivity index is 1.61. The predicted molar refractivity (Wildman–Crippen MR) is 105 cm³/mol. The highest BCUT2D eigenvalue weighted by Gasteiger charge is 2.13. The number of urea groups is 1. The molecule has 1 heterocycles. The molecule has 3 aromatic rings. The lowest BCUT2D eigenvalue weighted by Crippen LogP contribution is -2.19. The van der Waals surface area contributed by atoms with Crippen molar-refractivity contribution in [1.82, 2.24) is 4.98 Å². The highest BCUT2D eigenvalue weighted by Crippen LogP contribution is 2.19. The number of aryl methyl sites for hydroxylation is 1. The molecule has 138 valence electrons. The molecule has 6 nitrogen and oxygen atoms in total. The quantitative estimate of drug-likeness (QED) is 0.563. The Labute approximate surface area is 163 Å². The maximum absolute atomic E-state index is 13.6. The normalized spacial score (nSPS) is 10.3. The second-order valence-corrected chi connectivity index (χ2v) is 6.84. The molecule has 0 saturated heterocycles. The lowest BCUT2D eigenvalue weighted by atomic mass is 10.2. The van der Waals surface area contributed by atoms with E-state index >= 15 is 0 Å². The maximum Gasteiger partial charge on any atom is 0.325 e. The molecule has 1 aromatic heterocycles. The number of carbonyl (C=O) groups is 2. The van der Waals surface area contributed by atoms with Crippen LogP contribution >= 0.6 is 22.9 Å². The molecule has 0 radical (unpaired) electrons. The number of hydrogen-bond donors (Lipinski definition) is 3. The van der Waals surface area contributed by atoms with E-state index < -0.39 is 17.8 Å². The fourth-order valence-corrected chi connectivity index (χ4v) is 3.00. The number of carbonyl (C=O) groups excluding carboxylic acids is 2. The Morgan fingerprint density at radius 1 is 1.07 bits per heavy atom. The number of hydrogen-bond acceptors (Lipinski definition) is 4. The number of rotatable bonds is 4. The fourth-order valence-electron chi connectivity index (χ4n) is 2.13. The standard InChI is InChI=1S/C18H14ClFN4O2S/c1-10-5-6-13(8-14(10)20)21-16(25)15-9-27-18(23-15)24-17(26)22-12-4-2-3-11(19)7-12/h2-9H,1H3,(H,21,25)(H2,22,23,24,26). The van der Waals surface area contributed by atoms with Gasteiger partial charge in [-0.3, -0.25) is 10.1 Å². The molecule has 3 N–H and O–H groups in total. The first kappa shape index (κ1) is 18.8. The molecular weight excluding hydrogens is 391 g/mol. The highest BCUT2D eigenvalue weighted by atomic mass is 35.5. The van der Waals surface area contributed by atoms with Crippen molar-refractivity contribution in [2.24, 2.45) is 0 Å². The van der Waals surface area contributed by atoms with Crippen LogP contribution in [0.15, 0.2) is 47.8 Å². The third-order valence-electron chi connectivity index (χ3n) is 3.47. The van der Waals surface area contributed by atoms with Crippen LogP contribution in [0, 0.1) is 12.7 Å². The van der Waals surface area contributed by atoms with Crippen LogP contribution < -0.4 is 16.0 Å². The average Bonchev–Trinajstić information content (AvgIpc) is 3.06. The number of nitrogens with zero attached hydrogens (tertiary/aromatic N) is 1. The molecule has 0 saturated carbocycles. The molecule has 0 fully saturated rings. The fraction of sp³-hybridized carbons (Fsp3) is 0.0556. The van der Waals surface area contributed by atoms with E-state index in [-0.39, 0.29) is 10.8 Å². The zero-order chi connectivity index (χ0) is 19.4. The van der Waals surface area contributed by atoms with E-state index in [9.17, 15) is 14.0 Å². The van der Waals surface area contributed by atoms with Crippen molar-refractivity contribution in [1.29, 1.82) is 0 Å². The van der Waals surface area contributed by atoms with Crippen molar-refractivity contribution in [2.75, 3.05) is 16.0 Å². The molecule has 0 bridgehead atoms. The van der Waals surface area contributed by atoms with Gasteiger partial charge in [0.15, 0.2) is 5.13 Å². The number of benzene rings is 2. The molecule has 27 heavy (non-hydrogen) atoms. The summed E-state index contributed by atoms with van der Waals surface area (Å²) < 4.78 is 13.6. The van der Waals surface area contributed by atoms with Crippen molar-refractivity contribution in [2.45, 2.75) is 6.92 Å². The van der Waals surface area contributed by atoms with Crippen molar-refractivity contribution >= 4 is 51.4 Å². The number of amides is 3. The zero-order valence-electron chi connectivity index (χ0n) is 14.0. The van der Waals surface area contributed by atoms with Gasteiger partial charge < -0.3 is 10.6 Å². The van der Waals surface area contributed by atoms with Crippen LogP contribution in [0.25, 0.3) is 0 Å². The maximum atomic E-state index is 13.6. The van der Waals surface area contributed by atoms with Gasteiger partial charge in [0, 0.05) is 21.8 Å². The van der Waals surface area contributed by atoms with Gasteiger partial charge in [-0.15, -0.1) is 11.3 Å². The van der Waals surface area contributed by atoms with Gasteiger partial charge in [-0.1, -0.05) is 23.7 Å². The molecule has 0 atom stereocenters. The molecule has 3 rings (SSSR count). The zero-order valence-corrected chi connectivity index (χ0v) is 15.6. The van der Waals surface area contributed by atoms with Crippen LogP contribution in [-0.4, -0.2) is 16.9 Å². The van der Waals surface area contributed by atoms with Gasteiger partial charge >= 0.3 is 6.03 Å². The van der Waals surface area contributed by atoms with Gasteiger partial charge in [0.05, 0.1) is 0 Å². The lowest BCUT2D eigenvalue weighted by molar-refractivity contribution is 0.102. The van der Waals surface area contributed by atoms with Crippen LogP contribution in [0.2, 0.25) is 5.02 Å². The summed E-state index contributed by atoms with van der Waals surface area (Å²) in [6.45, 7) is 1.63. The molecule has 9 heteroatoms. The summed E-state index contributed by atoms with van der Waals surface area (Å²) in [5.74, 6) is -0.913. The molecule has 0 aliphatic heterocycles. The number of halogens is 2. The van der Waals surface area contributed by atoms with Gasteiger partial charge in [0.2, 0.25) is 0 Å². The largest absolute Gasteiger partial charge is 0.325 e. The Kier molecular flexibility index (Phi) is 5.68. The van der Waals surface area contributed by atoms with E-state index in [1.165, 1.54) is 11.4 Å². The Morgan fingerprint density at radius 3 is 2.59 bits per heavy atom. The lowest BCUT2D eigenvalue weighted by Gasteiger charge is -2.06. The van der Waals surface area contributed by atoms with Crippen LogP contribution in [-0.2, 0) is 0 Å². The molecular formula is C18H14ClFN4O2S. The van der Waals surface area contributed by atoms with Gasteiger partial charge in [0.1, 0.15) is 11.5 Å². The average molecular weight is 405 g/mol. The van der Waals surface area contributed by atoms with Gasteiger partial charge in [0.25, 0.3) is 5.91 Å². The van der Waals surface area contributed by atoms with E-state index in [1.54, 1.807) is 43.3 Å². The summed E-state index contributed by atoms with van der Waals surface area (Å²) in [7, 11) is 0. The third kappa shape index (κ3) is 5.02. The second kappa shape index (κ2) is 8.15. The Bertz CT molecular complexity index is 1010. The molecule has 0 aliphatic rings. The van der Waals surface area contributed by atoms with Crippen LogP contribution in [0.1, 0.15) is 16.1 Å². The number of anilines is 3. The second-order valence-electron chi connectivity index (χ2n) is 5.55. The monoisotopic (exact) mass is 404 g/mol. The first-order valence-corrected chi connectivity index (χ1v) is 9.03. The van der Waals surface area contributed by atoms with Crippen LogP contribution in [0.5, 0.6) is 0 Å².